The summed E-state index contributed by atoms with van der Waals surface area (Å²) in [5, 5.41) is 3.40. The fourth-order valence-electron chi connectivity index (χ4n) is 2.10. The highest BCUT2D eigenvalue weighted by Crippen LogP contribution is 2.12. The molecular weight excluding hydrogens is 236 g/mol. The third kappa shape index (κ3) is 5.03. The van der Waals surface area contributed by atoms with Crippen LogP contribution in [0.1, 0.15) is 44.4 Å². The van der Waals surface area contributed by atoms with E-state index in [-0.39, 0.29) is 11.9 Å². The second-order valence-electron chi connectivity index (χ2n) is 4.90. The van der Waals surface area contributed by atoms with Crippen molar-refractivity contribution in [1.82, 2.24) is 10.2 Å². The predicted molar refractivity (Wildman–Crippen MR) is 80.1 cm³/mol. The van der Waals surface area contributed by atoms with Gasteiger partial charge in [-0.2, -0.15) is 0 Å². The highest BCUT2D eigenvalue weighted by Gasteiger charge is 2.10. The quantitative estimate of drug-likeness (QED) is 0.819. The third-order valence-electron chi connectivity index (χ3n) is 3.48. The molecule has 0 aliphatic heterocycles. The maximum Gasteiger partial charge on any atom is 0.223 e. The molecule has 1 unspecified atom stereocenters. The van der Waals surface area contributed by atoms with E-state index in [0.29, 0.717) is 6.42 Å². The number of benzene rings is 1. The Morgan fingerprint density at radius 3 is 2.32 bits per heavy atom. The first-order valence-corrected chi connectivity index (χ1v) is 7.16. The lowest BCUT2D eigenvalue weighted by atomic mass is 10.1. The van der Waals surface area contributed by atoms with Crippen molar-refractivity contribution in [3.63, 3.8) is 0 Å². The lowest BCUT2D eigenvalue weighted by Gasteiger charge is -2.20. The Labute approximate surface area is 117 Å². The van der Waals surface area contributed by atoms with Crippen LogP contribution in [-0.4, -0.2) is 30.4 Å². The Morgan fingerprint density at radius 2 is 1.79 bits per heavy atom. The van der Waals surface area contributed by atoms with E-state index in [2.05, 4.69) is 43.4 Å². The summed E-state index contributed by atoms with van der Waals surface area (Å²) in [7, 11) is 0. The van der Waals surface area contributed by atoms with Crippen molar-refractivity contribution < 1.29 is 4.79 Å². The van der Waals surface area contributed by atoms with Gasteiger partial charge in [0.15, 0.2) is 0 Å². The van der Waals surface area contributed by atoms with Gasteiger partial charge in [-0.05, 0) is 33.3 Å². The van der Waals surface area contributed by atoms with Gasteiger partial charge in [0.05, 0.1) is 0 Å². The summed E-state index contributed by atoms with van der Waals surface area (Å²) in [5.41, 5.74) is 2.54. The molecule has 0 aliphatic carbocycles. The summed E-state index contributed by atoms with van der Waals surface area (Å²) >= 11 is 0. The standard InChI is InChI=1S/C16H26N2O/c1-5-18(6-2)16(19)11-12-17-14(4)15-9-7-13(3)8-10-15/h7-10,14,17H,5-6,11-12H2,1-4H3. The van der Waals surface area contributed by atoms with Crippen LogP contribution in [0.3, 0.4) is 0 Å². The maximum absolute atomic E-state index is 11.9. The van der Waals surface area contributed by atoms with Gasteiger partial charge in [-0.25, -0.2) is 0 Å². The number of hydrogen-bond donors (Lipinski definition) is 1. The normalized spacial score (nSPS) is 12.2. The van der Waals surface area contributed by atoms with E-state index in [1.165, 1.54) is 11.1 Å². The van der Waals surface area contributed by atoms with Crippen molar-refractivity contribution in [3.8, 4) is 0 Å². The van der Waals surface area contributed by atoms with Crippen LogP contribution in [0.2, 0.25) is 0 Å². The molecule has 3 nitrogen and oxygen atoms in total. The Morgan fingerprint density at radius 1 is 1.21 bits per heavy atom. The molecule has 0 heterocycles. The molecule has 1 amide bonds. The maximum atomic E-state index is 11.9. The number of nitrogens with one attached hydrogen (secondary N) is 1. The molecule has 0 bridgehead atoms. The van der Waals surface area contributed by atoms with Crippen LogP contribution in [0.25, 0.3) is 0 Å². The van der Waals surface area contributed by atoms with E-state index in [9.17, 15) is 4.79 Å². The van der Waals surface area contributed by atoms with Crippen LogP contribution < -0.4 is 5.32 Å². The van der Waals surface area contributed by atoms with Gasteiger partial charge >= 0.3 is 0 Å². The van der Waals surface area contributed by atoms with Crippen molar-refractivity contribution >= 4 is 5.91 Å². The molecule has 0 spiro atoms. The highest BCUT2D eigenvalue weighted by atomic mass is 16.2. The van der Waals surface area contributed by atoms with E-state index in [1.54, 1.807) is 0 Å². The van der Waals surface area contributed by atoms with E-state index in [4.69, 9.17) is 0 Å². The first-order valence-electron chi connectivity index (χ1n) is 7.16. The summed E-state index contributed by atoms with van der Waals surface area (Å²) in [6, 6.07) is 8.80. The molecule has 1 N–H and O–H groups in total. The van der Waals surface area contributed by atoms with E-state index < -0.39 is 0 Å². The molecule has 19 heavy (non-hydrogen) atoms. The summed E-state index contributed by atoms with van der Waals surface area (Å²) in [6.07, 6.45) is 0.567. The van der Waals surface area contributed by atoms with Gasteiger partial charge < -0.3 is 10.2 Å². The number of carbonyl (C=O) groups excluding carboxylic acids is 1. The van der Waals surface area contributed by atoms with Gasteiger partial charge in [0.25, 0.3) is 0 Å². The zero-order valence-corrected chi connectivity index (χ0v) is 12.6. The average Bonchev–Trinajstić information content (AvgIpc) is 2.40. The summed E-state index contributed by atoms with van der Waals surface area (Å²) in [5.74, 6) is 0.230. The minimum absolute atomic E-state index is 0.230. The van der Waals surface area contributed by atoms with Gasteiger partial charge in [0.1, 0.15) is 0 Å². The number of rotatable bonds is 7. The second kappa shape index (κ2) is 7.95. The number of nitrogens with zero attached hydrogens (tertiary/aromatic N) is 1. The Bertz CT molecular complexity index is 382. The van der Waals surface area contributed by atoms with Crippen LogP contribution in [0.15, 0.2) is 24.3 Å². The van der Waals surface area contributed by atoms with Gasteiger partial charge in [0, 0.05) is 32.1 Å². The largest absolute Gasteiger partial charge is 0.343 e. The fraction of sp³-hybridized carbons (Fsp3) is 0.562. The minimum Gasteiger partial charge on any atom is -0.343 e. The van der Waals surface area contributed by atoms with Crippen LogP contribution in [0.4, 0.5) is 0 Å². The highest BCUT2D eigenvalue weighted by molar-refractivity contribution is 5.76. The molecule has 1 atom stereocenters. The van der Waals surface area contributed by atoms with Gasteiger partial charge in [0.2, 0.25) is 5.91 Å². The molecule has 0 fully saturated rings. The molecular formula is C16H26N2O. The second-order valence-corrected chi connectivity index (χ2v) is 4.90. The van der Waals surface area contributed by atoms with Crippen molar-refractivity contribution in [2.75, 3.05) is 19.6 Å². The number of amides is 1. The Balaban J connectivity index is 2.36. The van der Waals surface area contributed by atoms with Gasteiger partial charge in [-0.3, -0.25) is 4.79 Å². The van der Waals surface area contributed by atoms with Crippen LogP contribution >= 0.6 is 0 Å². The lowest BCUT2D eigenvalue weighted by Crippen LogP contribution is -2.33. The summed E-state index contributed by atoms with van der Waals surface area (Å²) < 4.78 is 0. The molecule has 1 aromatic rings. The van der Waals surface area contributed by atoms with E-state index in [0.717, 1.165) is 19.6 Å². The fourth-order valence-corrected chi connectivity index (χ4v) is 2.10. The first-order chi connectivity index (χ1) is 9.08. The minimum atomic E-state index is 0.230. The van der Waals surface area contributed by atoms with Crippen LogP contribution in [0, 0.1) is 6.92 Å². The van der Waals surface area contributed by atoms with E-state index >= 15 is 0 Å². The van der Waals surface area contributed by atoms with Crippen molar-refractivity contribution in [2.24, 2.45) is 0 Å². The number of carbonyl (C=O) groups is 1. The topological polar surface area (TPSA) is 32.3 Å². The number of aryl methyl sites for hydroxylation is 1. The van der Waals surface area contributed by atoms with Crippen molar-refractivity contribution in [3.05, 3.63) is 35.4 Å². The molecule has 1 aromatic carbocycles. The molecule has 0 aliphatic rings. The predicted octanol–water partition coefficient (Wildman–Crippen LogP) is 2.90. The molecule has 0 radical (unpaired) electrons. The molecule has 3 heteroatoms. The zero-order valence-electron chi connectivity index (χ0n) is 12.6. The molecule has 1 rings (SSSR count). The van der Waals surface area contributed by atoms with Crippen molar-refractivity contribution in [1.29, 1.82) is 0 Å². The molecule has 0 saturated carbocycles. The first kappa shape index (κ1) is 15.7. The lowest BCUT2D eigenvalue weighted by molar-refractivity contribution is -0.130. The zero-order chi connectivity index (χ0) is 14.3. The average molecular weight is 262 g/mol. The van der Waals surface area contributed by atoms with Gasteiger partial charge in [-0.15, -0.1) is 0 Å². The summed E-state index contributed by atoms with van der Waals surface area (Å²) in [4.78, 5) is 13.7. The van der Waals surface area contributed by atoms with Crippen molar-refractivity contribution in [2.45, 2.75) is 40.2 Å². The Hall–Kier alpha value is -1.35. The van der Waals surface area contributed by atoms with Crippen LogP contribution in [-0.2, 0) is 4.79 Å². The van der Waals surface area contributed by atoms with Crippen LogP contribution in [0.5, 0.6) is 0 Å². The molecule has 0 saturated heterocycles. The molecule has 0 aromatic heterocycles. The smallest absolute Gasteiger partial charge is 0.223 e. The Kier molecular flexibility index (Phi) is 6.57. The number of hydrogen-bond acceptors (Lipinski definition) is 2. The monoisotopic (exact) mass is 262 g/mol. The SMILES string of the molecule is CCN(CC)C(=O)CCNC(C)c1ccc(C)cc1. The summed E-state index contributed by atoms with van der Waals surface area (Å²) in [6.45, 7) is 10.6. The van der Waals surface area contributed by atoms with Gasteiger partial charge in [-0.1, -0.05) is 29.8 Å². The molecule has 106 valence electrons. The third-order valence-corrected chi connectivity index (χ3v) is 3.48. The van der Waals surface area contributed by atoms with E-state index in [1.807, 2.05) is 18.7 Å².